The van der Waals surface area contributed by atoms with Gasteiger partial charge < -0.3 is 5.73 Å². The molecule has 5 nitrogen and oxygen atoms in total. The molecule has 4 rings (SSSR count). The smallest absolute Gasteiger partial charge is 0.258 e. The lowest BCUT2D eigenvalue weighted by Crippen LogP contribution is -2.37. The summed E-state index contributed by atoms with van der Waals surface area (Å²) in [7, 11) is 0. The standard InChI is InChI=1S/C20H18N4O/c21-20(23-14-6-2-1-3-7-14)24-19(25)18-15-8-4-5-9-17(15)22-12-16(18)13-10-11-13/h1-9,12-13H,10-11H2,(H3,21,23,24,25). The largest absolute Gasteiger partial charge is 0.369 e. The molecule has 0 unspecified atom stereocenters. The Kier molecular flexibility index (Phi) is 3.90. The van der Waals surface area contributed by atoms with Crippen LogP contribution in [-0.2, 0) is 0 Å². The lowest BCUT2D eigenvalue weighted by Gasteiger charge is -2.12. The van der Waals surface area contributed by atoms with E-state index < -0.39 is 0 Å². The van der Waals surface area contributed by atoms with E-state index in [0.717, 1.165) is 29.3 Å². The maximum Gasteiger partial charge on any atom is 0.258 e. The molecule has 1 saturated carbocycles. The monoisotopic (exact) mass is 330 g/mol. The number of guanidine groups is 1. The summed E-state index contributed by atoms with van der Waals surface area (Å²) >= 11 is 0. The molecule has 25 heavy (non-hydrogen) atoms. The Morgan fingerprint density at radius 1 is 1.08 bits per heavy atom. The molecule has 0 aliphatic heterocycles. The Morgan fingerprint density at radius 2 is 1.80 bits per heavy atom. The lowest BCUT2D eigenvalue weighted by molar-refractivity contribution is 0.0977. The van der Waals surface area contributed by atoms with Gasteiger partial charge in [-0.1, -0.05) is 36.4 Å². The zero-order valence-electron chi connectivity index (χ0n) is 13.6. The first-order valence-electron chi connectivity index (χ1n) is 8.30. The number of hydrogen-bond acceptors (Lipinski definition) is 3. The molecule has 5 heteroatoms. The van der Waals surface area contributed by atoms with Crippen LogP contribution in [0.4, 0.5) is 5.69 Å². The number of para-hydroxylation sites is 2. The predicted octanol–water partition coefficient (Wildman–Crippen LogP) is 3.49. The first kappa shape index (κ1) is 15.3. The summed E-state index contributed by atoms with van der Waals surface area (Å²) in [5, 5.41) is 3.57. The van der Waals surface area contributed by atoms with Crippen LogP contribution in [0, 0.1) is 0 Å². The van der Waals surface area contributed by atoms with E-state index in [0.29, 0.717) is 17.2 Å². The van der Waals surface area contributed by atoms with Crippen LogP contribution in [0.3, 0.4) is 0 Å². The molecule has 0 saturated heterocycles. The fraction of sp³-hybridized carbons (Fsp3) is 0.150. The molecule has 0 atom stereocenters. The van der Waals surface area contributed by atoms with E-state index in [1.54, 1.807) is 0 Å². The number of nitrogens with two attached hydrogens (primary N) is 1. The fourth-order valence-electron chi connectivity index (χ4n) is 2.96. The summed E-state index contributed by atoms with van der Waals surface area (Å²) in [5.74, 6) is 0.252. The van der Waals surface area contributed by atoms with Crippen LogP contribution in [0.25, 0.3) is 10.9 Å². The Bertz CT molecular complexity index is 962. The summed E-state index contributed by atoms with van der Waals surface area (Å²) in [4.78, 5) is 21.6. The van der Waals surface area contributed by atoms with Gasteiger partial charge in [-0.2, -0.15) is 0 Å². The third kappa shape index (κ3) is 3.21. The SMILES string of the molecule is NC(=Nc1ccccc1)NC(=O)c1c(C2CC2)cnc2ccccc12. The summed E-state index contributed by atoms with van der Waals surface area (Å²) in [6.45, 7) is 0. The van der Waals surface area contributed by atoms with Gasteiger partial charge in [0, 0.05) is 11.6 Å². The van der Waals surface area contributed by atoms with E-state index in [1.807, 2.05) is 60.8 Å². The molecule has 1 aliphatic rings. The van der Waals surface area contributed by atoms with Gasteiger partial charge in [0.25, 0.3) is 5.91 Å². The molecule has 3 aromatic rings. The van der Waals surface area contributed by atoms with Crippen molar-refractivity contribution in [1.29, 1.82) is 0 Å². The normalized spacial score (nSPS) is 14.5. The topological polar surface area (TPSA) is 80.4 Å². The van der Waals surface area contributed by atoms with Gasteiger partial charge in [-0.15, -0.1) is 0 Å². The number of benzene rings is 2. The molecule has 1 aliphatic carbocycles. The second kappa shape index (κ2) is 6.36. The highest BCUT2D eigenvalue weighted by molar-refractivity contribution is 6.13. The van der Waals surface area contributed by atoms with E-state index in [-0.39, 0.29) is 11.9 Å². The Hall–Kier alpha value is -3.21. The zero-order valence-corrected chi connectivity index (χ0v) is 13.6. The van der Waals surface area contributed by atoms with Gasteiger partial charge >= 0.3 is 0 Å². The van der Waals surface area contributed by atoms with Crippen LogP contribution in [0.1, 0.15) is 34.7 Å². The van der Waals surface area contributed by atoms with Gasteiger partial charge in [-0.3, -0.25) is 15.1 Å². The average molecular weight is 330 g/mol. The third-order valence-corrected chi connectivity index (χ3v) is 4.30. The second-order valence-electron chi connectivity index (χ2n) is 6.17. The van der Waals surface area contributed by atoms with Crippen molar-refractivity contribution in [3.05, 3.63) is 71.9 Å². The number of aliphatic imine (C=N–C) groups is 1. The molecule has 2 aromatic carbocycles. The summed E-state index contributed by atoms with van der Waals surface area (Å²) in [6.07, 6.45) is 4.00. The number of carbonyl (C=O) groups excluding carboxylic acids is 1. The first-order chi connectivity index (χ1) is 12.2. The number of hydrogen-bond donors (Lipinski definition) is 2. The van der Waals surface area contributed by atoms with E-state index in [9.17, 15) is 4.79 Å². The van der Waals surface area contributed by atoms with Crippen molar-refractivity contribution in [2.75, 3.05) is 0 Å². The maximum absolute atomic E-state index is 12.9. The summed E-state index contributed by atoms with van der Waals surface area (Å²) < 4.78 is 0. The highest BCUT2D eigenvalue weighted by Crippen LogP contribution is 2.42. The minimum absolute atomic E-state index is 0.0823. The van der Waals surface area contributed by atoms with Crippen molar-refractivity contribution < 1.29 is 4.79 Å². The van der Waals surface area contributed by atoms with Gasteiger partial charge in [0.15, 0.2) is 0 Å². The predicted molar refractivity (Wildman–Crippen MR) is 98.9 cm³/mol. The van der Waals surface area contributed by atoms with E-state index in [1.165, 1.54) is 0 Å². The quantitative estimate of drug-likeness (QED) is 0.570. The number of nitrogens with one attached hydrogen (secondary N) is 1. The number of fused-ring (bicyclic) bond motifs is 1. The number of pyridine rings is 1. The molecular weight excluding hydrogens is 312 g/mol. The number of nitrogens with zero attached hydrogens (tertiary/aromatic N) is 2. The summed E-state index contributed by atoms with van der Waals surface area (Å²) in [6, 6.07) is 17.0. The van der Waals surface area contributed by atoms with Gasteiger partial charge in [-0.05, 0) is 42.5 Å². The molecule has 1 amide bonds. The molecular formula is C20H18N4O. The van der Waals surface area contributed by atoms with Crippen molar-refractivity contribution in [3.8, 4) is 0 Å². The van der Waals surface area contributed by atoms with E-state index in [4.69, 9.17) is 5.73 Å². The van der Waals surface area contributed by atoms with Crippen LogP contribution < -0.4 is 11.1 Å². The molecule has 3 N–H and O–H groups in total. The van der Waals surface area contributed by atoms with Crippen molar-refractivity contribution in [2.45, 2.75) is 18.8 Å². The second-order valence-corrected chi connectivity index (χ2v) is 6.17. The van der Waals surface area contributed by atoms with Crippen LogP contribution in [0.5, 0.6) is 0 Å². The van der Waals surface area contributed by atoms with Crippen LogP contribution in [-0.4, -0.2) is 16.9 Å². The molecule has 124 valence electrons. The molecule has 0 radical (unpaired) electrons. The van der Waals surface area contributed by atoms with Crippen molar-refractivity contribution in [1.82, 2.24) is 10.3 Å². The van der Waals surface area contributed by atoms with Gasteiger partial charge in [0.2, 0.25) is 5.96 Å². The first-order valence-corrected chi connectivity index (χ1v) is 8.30. The summed E-state index contributed by atoms with van der Waals surface area (Å²) in [5.41, 5.74) is 9.07. The van der Waals surface area contributed by atoms with Gasteiger partial charge in [0.1, 0.15) is 0 Å². The number of rotatable bonds is 3. The third-order valence-electron chi connectivity index (χ3n) is 4.30. The maximum atomic E-state index is 12.9. The number of carbonyl (C=O) groups is 1. The number of aromatic nitrogens is 1. The number of amides is 1. The highest BCUT2D eigenvalue weighted by Gasteiger charge is 2.30. The Balaban J connectivity index is 1.70. The fourth-order valence-corrected chi connectivity index (χ4v) is 2.96. The zero-order chi connectivity index (χ0) is 17.2. The van der Waals surface area contributed by atoms with E-state index in [2.05, 4.69) is 15.3 Å². The van der Waals surface area contributed by atoms with Crippen molar-refractivity contribution in [2.24, 2.45) is 10.7 Å². The Labute approximate surface area is 145 Å². The minimum atomic E-state index is -0.238. The Morgan fingerprint density at radius 3 is 2.56 bits per heavy atom. The van der Waals surface area contributed by atoms with Gasteiger partial charge in [-0.25, -0.2) is 4.99 Å². The van der Waals surface area contributed by atoms with Gasteiger partial charge in [0.05, 0.1) is 16.8 Å². The minimum Gasteiger partial charge on any atom is -0.369 e. The van der Waals surface area contributed by atoms with E-state index >= 15 is 0 Å². The van der Waals surface area contributed by atoms with Crippen LogP contribution in [0.2, 0.25) is 0 Å². The van der Waals surface area contributed by atoms with Crippen LogP contribution in [0.15, 0.2) is 65.8 Å². The lowest BCUT2D eigenvalue weighted by atomic mass is 10.00. The molecule has 1 fully saturated rings. The molecule has 0 bridgehead atoms. The highest BCUT2D eigenvalue weighted by atomic mass is 16.1. The molecule has 0 spiro atoms. The molecule has 1 heterocycles. The van der Waals surface area contributed by atoms with Crippen molar-refractivity contribution in [3.63, 3.8) is 0 Å². The van der Waals surface area contributed by atoms with Crippen LogP contribution >= 0.6 is 0 Å². The molecule has 1 aromatic heterocycles. The van der Waals surface area contributed by atoms with Crippen molar-refractivity contribution >= 4 is 28.5 Å². The average Bonchev–Trinajstić information content (AvgIpc) is 3.46.